The average molecular weight is 419 g/mol. The lowest BCUT2D eigenvalue weighted by atomic mass is 10.3. The van der Waals surface area contributed by atoms with E-state index in [1.807, 2.05) is 6.92 Å². The van der Waals surface area contributed by atoms with E-state index in [9.17, 15) is 4.79 Å². The lowest BCUT2D eigenvalue weighted by Crippen LogP contribution is -2.28. The molecule has 2 atom stereocenters. The van der Waals surface area contributed by atoms with Crippen molar-refractivity contribution in [3.63, 3.8) is 0 Å². The first kappa shape index (κ1) is 19.5. The highest BCUT2D eigenvalue weighted by molar-refractivity contribution is 6.36. The molecule has 0 spiro atoms. The van der Waals surface area contributed by atoms with Crippen molar-refractivity contribution >= 4 is 40.5 Å². The van der Waals surface area contributed by atoms with Crippen LogP contribution in [0.15, 0.2) is 29.2 Å². The average Bonchev–Trinajstić information content (AvgIpc) is 3.12. The highest BCUT2D eigenvalue weighted by Gasteiger charge is 2.18. The second-order valence-corrected chi connectivity index (χ2v) is 7.27. The van der Waals surface area contributed by atoms with Crippen molar-refractivity contribution in [3.8, 4) is 5.69 Å². The summed E-state index contributed by atoms with van der Waals surface area (Å²) in [5.41, 5.74) is 0.377. The van der Waals surface area contributed by atoms with E-state index in [4.69, 9.17) is 44.3 Å². The SMILES string of the molecule is CC(COC1CCOC1)Nc1cnn(-c2ccc(Cl)cc2Cl)c(=O)c1Cl. The van der Waals surface area contributed by atoms with Crippen LogP contribution in [0.3, 0.4) is 0 Å². The molecule has 0 amide bonds. The summed E-state index contributed by atoms with van der Waals surface area (Å²) < 4.78 is 12.2. The number of nitrogens with one attached hydrogen (secondary N) is 1. The molecule has 2 aromatic rings. The third-order valence-electron chi connectivity index (χ3n) is 3.93. The standard InChI is InChI=1S/C17H18Cl3N3O3/c1-10(8-26-12-4-5-25-9-12)22-14-7-21-23(17(24)16(14)20)15-3-2-11(18)6-13(15)19/h2-3,6-7,10,12,22H,4-5,8-9H2,1H3. The topological polar surface area (TPSA) is 65.4 Å². The molecule has 3 rings (SSSR count). The fourth-order valence-electron chi connectivity index (χ4n) is 2.59. The van der Waals surface area contributed by atoms with Crippen LogP contribution in [-0.4, -0.2) is 41.7 Å². The lowest BCUT2D eigenvalue weighted by molar-refractivity contribution is 0.0395. The van der Waals surface area contributed by atoms with Crippen molar-refractivity contribution in [2.24, 2.45) is 0 Å². The number of hydrogen-bond acceptors (Lipinski definition) is 5. The van der Waals surface area contributed by atoms with Gasteiger partial charge in [-0.15, -0.1) is 0 Å². The van der Waals surface area contributed by atoms with E-state index in [1.165, 1.54) is 6.20 Å². The molecule has 2 unspecified atom stereocenters. The fraction of sp³-hybridized carbons (Fsp3) is 0.412. The van der Waals surface area contributed by atoms with Crippen LogP contribution >= 0.6 is 34.8 Å². The van der Waals surface area contributed by atoms with Gasteiger partial charge in [-0.1, -0.05) is 34.8 Å². The number of hydrogen-bond donors (Lipinski definition) is 1. The summed E-state index contributed by atoms with van der Waals surface area (Å²) >= 11 is 18.3. The minimum atomic E-state index is -0.474. The molecule has 2 heterocycles. The Bertz CT molecular complexity index is 838. The van der Waals surface area contributed by atoms with E-state index in [0.717, 1.165) is 17.7 Å². The number of aromatic nitrogens is 2. The minimum Gasteiger partial charge on any atom is -0.379 e. The van der Waals surface area contributed by atoms with Gasteiger partial charge in [0.2, 0.25) is 0 Å². The second-order valence-electron chi connectivity index (χ2n) is 6.05. The van der Waals surface area contributed by atoms with Gasteiger partial charge in [0.1, 0.15) is 5.02 Å². The van der Waals surface area contributed by atoms with Gasteiger partial charge in [-0.05, 0) is 31.5 Å². The maximum atomic E-state index is 12.6. The molecule has 0 aliphatic carbocycles. The molecule has 1 N–H and O–H groups in total. The third kappa shape index (κ3) is 4.50. The molecule has 1 saturated heterocycles. The Hall–Kier alpha value is -1.31. The first-order chi connectivity index (χ1) is 12.5. The number of nitrogens with zero attached hydrogens (tertiary/aromatic N) is 2. The Labute approximate surface area is 166 Å². The number of benzene rings is 1. The van der Waals surface area contributed by atoms with Crippen molar-refractivity contribution < 1.29 is 9.47 Å². The van der Waals surface area contributed by atoms with Crippen LogP contribution in [0.4, 0.5) is 5.69 Å². The van der Waals surface area contributed by atoms with Crippen LogP contribution in [0.25, 0.3) is 5.69 Å². The summed E-state index contributed by atoms with van der Waals surface area (Å²) in [5.74, 6) is 0. The number of ether oxygens (including phenoxy) is 2. The first-order valence-electron chi connectivity index (χ1n) is 8.15. The molecule has 0 radical (unpaired) electrons. The van der Waals surface area contributed by atoms with Gasteiger partial charge in [0.25, 0.3) is 5.56 Å². The number of rotatable bonds is 6. The van der Waals surface area contributed by atoms with Gasteiger partial charge in [0.15, 0.2) is 0 Å². The fourth-order valence-corrected chi connectivity index (χ4v) is 3.26. The molecule has 140 valence electrons. The summed E-state index contributed by atoms with van der Waals surface area (Å²) in [6.07, 6.45) is 2.50. The molecule has 1 fully saturated rings. The summed E-state index contributed by atoms with van der Waals surface area (Å²) in [6, 6.07) is 4.73. The highest BCUT2D eigenvalue weighted by atomic mass is 35.5. The van der Waals surface area contributed by atoms with Crippen LogP contribution < -0.4 is 10.9 Å². The van der Waals surface area contributed by atoms with Crippen LogP contribution in [-0.2, 0) is 9.47 Å². The van der Waals surface area contributed by atoms with E-state index in [0.29, 0.717) is 34.6 Å². The molecule has 0 saturated carbocycles. The van der Waals surface area contributed by atoms with Crippen molar-refractivity contribution in [1.29, 1.82) is 0 Å². The van der Waals surface area contributed by atoms with Gasteiger partial charge < -0.3 is 14.8 Å². The van der Waals surface area contributed by atoms with E-state index >= 15 is 0 Å². The maximum absolute atomic E-state index is 12.6. The predicted octanol–water partition coefficient (Wildman–Crippen LogP) is 3.80. The van der Waals surface area contributed by atoms with Crippen LogP contribution in [0.2, 0.25) is 15.1 Å². The van der Waals surface area contributed by atoms with Crippen LogP contribution in [0, 0.1) is 0 Å². The quantitative estimate of drug-likeness (QED) is 0.773. The van der Waals surface area contributed by atoms with Crippen molar-refractivity contribution in [3.05, 3.63) is 49.8 Å². The van der Waals surface area contributed by atoms with E-state index in [2.05, 4.69) is 10.4 Å². The Balaban J connectivity index is 1.73. The summed E-state index contributed by atoms with van der Waals surface area (Å²) in [6.45, 7) is 3.75. The first-order valence-corrected chi connectivity index (χ1v) is 9.28. The Morgan fingerprint density at radius 1 is 1.42 bits per heavy atom. The zero-order chi connectivity index (χ0) is 18.7. The van der Waals surface area contributed by atoms with Gasteiger partial charge in [0.05, 0.1) is 41.9 Å². The summed E-state index contributed by atoms with van der Waals surface area (Å²) in [7, 11) is 0. The van der Waals surface area contributed by atoms with Crippen molar-refractivity contribution in [2.45, 2.75) is 25.5 Å². The summed E-state index contributed by atoms with van der Waals surface area (Å²) in [5, 5.41) is 8.12. The highest BCUT2D eigenvalue weighted by Crippen LogP contribution is 2.24. The van der Waals surface area contributed by atoms with Gasteiger partial charge in [-0.2, -0.15) is 9.78 Å². The number of halogens is 3. The van der Waals surface area contributed by atoms with E-state index in [1.54, 1.807) is 18.2 Å². The molecular weight excluding hydrogens is 401 g/mol. The smallest absolute Gasteiger partial charge is 0.292 e. The zero-order valence-corrected chi connectivity index (χ0v) is 16.3. The third-order valence-corrected chi connectivity index (χ3v) is 4.83. The Kier molecular flexibility index (Phi) is 6.42. The van der Waals surface area contributed by atoms with Gasteiger partial charge in [-0.25, -0.2) is 0 Å². The van der Waals surface area contributed by atoms with E-state index < -0.39 is 5.56 Å². The van der Waals surface area contributed by atoms with Gasteiger partial charge in [0, 0.05) is 17.7 Å². The molecule has 1 aromatic heterocycles. The minimum absolute atomic E-state index is 0.0297. The normalized spacial score (nSPS) is 18.1. The van der Waals surface area contributed by atoms with Crippen molar-refractivity contribution in [1.82, 2.24) is 9.78 Å². The second kappa shape index (κ2) is 8.59. The molecule has 1 aliphatic rings. The predicted molar refractivity (Wildman–Crippen MR) is 103 cm³/mol. The van der Waals surface area contributed by atoms with Crippen molar-refractivity contribution in [2.75, 3.05) is 25.1 Å². The van der Waals surface area contributed by atoms with Gasteiger partial charge >= 0.3 is 0 Å². The molecule has 1 aliphatic heterocycles. The molecule has 9 heteroatoms. The van der Waals surface area contributed by atoms with Crippen LogP contribution in [0.1, 0.15) is 13.3 Å². The van der Waals surface area contributed by atoms with E-state index in [-0.39, 0.29) is 17.2 Å². The lowest BCUT2D eigenvalue weighted by Gasteiger charge is -2.18. The Morgan fingerprint density at radius 2 is 2.23 bits per heavy atom. The molecule has 1 aromatic carbocycles. The summed E-state index contributed by atoms with van der Waals surface area (Å²) in [4.78, 5) is 12.6. The largest absolute Gasteiger partial charge is 0.379 e. The zero-order valence-electron chi connectivity index (χ0n) is 14.0. The molecule has 6 nitrogen and oxygen atoms in total. The maximum Gasteiger partial charge on any atom is 0.292 e. The molecule has 26 heavy (non-hydrogen) atoms. The monoisotopic (exact) mass is 417 g/mol. The Morgan fingerprint density at radius 3 is 2.92 bits per heavy atom. The molecular formula is C17H18Cl3N3O3. The number of anilines is 1. The van der Waals surface area contributed by atoms with Gasteiger partial charge in [-0.3, -0.25) is 4.79 Å². The molecule has 0 bridgehead atoms. The van der Waals surface area contributed by atoms with Crippen LogP contribution in [0.5, 0.6) is 0 Å².